The molecule has 1 atom stereocenters. The first kappa shape index (κ1) is 19.9. The maximum absolute atomic E-state index is 13.8. The predicted octanol–water partition coefficient (Wildman–Crippen LogP) is 5.93. The van der Waals surface area contributed by atoms with Crippen molar-refractivity contribution in [1.29, 1.82) is 5.26 Å². The van der Waals surface area contributed by atoms with E-state index in [-0.39, 0.29) is 32.7 Å². The Kier molecular flexibility index (Phi) is 5.68. The van der Waals surface area contributed by atoms with E-state index < -0.39 is 17.7 Å². The third kappa shape index (κ3) is 3.86. The molecule has 0 bridgehead atoms. The van der Waals surface area contributed by atoms with E-state index in [1.165, 1.54) is 36.5 Å². The first-order valence-electron chi connectivity index (χ1n) is 8.07. The van der Waals surface area contributed by atoms with E-state index in [2.05, 4.69) is 4.98 Å². The van der Waals surface area contributed by atoms with Crippen LogP contribution in [0.3, 0.4) is 0 Å². The molecule has 0 fully saturated rings. The normalized spacial score (nSPS) is 11.7. The highest BCUT2D eigenvalue weighted by atomic mass is 35.5. The van der Waals surface area contributed by atoms with E-state index in [1.807, 2.05) is 0 Å². The van der Waals surface area contributed by atoms with Gasteiger partial charge in [0.25, 0.3) is 0 Å². The van der Waals surface area contributed by atoms with Crippen molar-refractivity contribution in [2.24, 2.45) is 0 Å². The number of hydrogen-bond acceptors (Lipinski definition) is 4. The second-order valence-corrected chi connectivity index (χ2v) is 6.72. The van der Waals surface area contributed by atoms with Crippen LogP contribution in [0.4, 0.5) is 14.6 Å². The molecule has 3 aromatic rings. The summed E-state index contributed by atoms with van der Waals surface area (Å²) in [5.74, 6) is -0.923. The van der Waals surface area contributed by atoms with Gasteiger partial charge in [0.2, 0.25) is 0 Å². The molecule has 0 aliphatic rings. The number of rotatable bonds is 4. The summed E-state index contributed by atoms with van der Waals surface area (Å²) in [6.45, 7) is 1.64. The highest BCUT2D eigenvalue weighted by molar-refractivity contribution is 6.36. The van der Waals surface area contributed by atoms with Crippen molar-refractivity contribution < 1.29 is 13.5 Å². The van der Waals surface area contributed by atoms with Gasteiger partial charge in [-0.25, -0.2) is 13.8 Å². The van der Waals surface area contributed by atoms with E-state index in [1.54, 1.807) is 19.1 Å². The van der Waals surface area contributed by atoms with Crippen molar-refractivity contribution in [1.82, 2.24) is 4.98 Å². The number of pyridine rings is 1. The summed E-state index contributed by atoms with van der Waals surface area (Å²) >= 11 is 12.2. The van der Waals surface area contributed by atoms with Gasteiger partial charge in [-0.15, -0.1) is 0 Å². The van der Waals surface area contributed by atoms with Gasteiger partial charge in [0.05, 0.1) is 10.6 Å². The van der Waals surface area contributed by atoms with Gasteiger partial charge in [0.15, 0.2) is 11.6 Å². The number of nitrogen functional groups attached to an aromatic ring is 1. The van der Waals surface area contributed by atoms with Crippen molar-refractivity contribution in [3.8, 4) is 22.9 Å². The van der Waals surface area contributed by atoms with Crippen LogP contribution >= 0.6 is 23.2 Å². The zero-order valence-electron chi connectivity index (χ0n) is 14.5. The molecule has 0 amide bonds. The zero-order valence-corrected chi connectivity index (χ0v) is 16.0. The molecule has 1 unspecified atom stereocenters. The summed E-state index contributed by atoms with van der Waals surface area (Å²) in [5, 5.41) is 9.11. The molecule has 0 aliphatic carbocycles. The van der Waals surface area contributed by atoms with E-state index in [9.17, 15) is 8.78 Å². The molecule has 0 aliphatic heterocycles. The number of ether oxygens (including phenoxy) is 1. The quantitative estimate of drug-likeness (QED) is 0.532. The van der Waals surface area contributed by atoms with Crippen LogP contribution in [0.15, 0.2) is 42.6 Å². The Morgan fingerprint density at radius 1 is 1.11 bits per heavy atom. The van der Waals surface area contributed by atoms with Crippen LogP contribution in [0.1, 0.15) is 24.2 Å². The minimum atomic E-state index is -0.724. The van der Waals surface area contributed by atoms with E-state index in [4.69, 9.17) is 38.9 Å². The largest absolute Gasteiger partial charge is 0.482 e. The van der Waals surface area contributed by atoms with Crippen LogP contribution in [0.5, 0.6) is 5.75 Å². The van der Waals surface area contributed by atoms with Crippen LogP contribution in [0.25, 0.3) is 11.1 Å². The lowest BCUT2D eigenvalue weighted by molar-refractivity contribution is 0.227. The second kappa shape index (κ2) is 8.01. The molecule has 2 aromatic carbocycles. The average Bonchev–Trinajstić information content (AvgIpc) is 2.67. The van der Waals surface area contributed by atoms with Crippen molar-refractivity contribution >= 4 is 29.0 Å². The molecule has 142 valence electrons. The standard InChI is InChI=1S/C20H13Cl2F2N3O/c1-10(18-14(21)3-5-16(24)19(18)22)28-17-7-13(9-27-20(17)26)11-2-4-15(23)12(6-11)8-25/h2-7,9-10H,1H3,(H2,26,27). The van der Waals surface area contributed by atoms with Gasteiger partial charge >= 0.3 is 0 Å². The first-order valence-corrected chi connectivity index (χ1v) is 8.83. The Balaban J connectivity index is 1.97. The maximum atomic E-state index is 13.8. The molecule has 4 nitrogen and oxygen atoms in total. The number of halogens is 4. The van der Waals surface area contributed by atoms with Gasteiger partial charge in [-0.2, -0.15) is 5.26 Å². The summed E-state index contributed by atoms with van der Waals surface area (Å²) in [4.78, 5) is 4.08. The maximum Gasteiger partial charge on any atom is 0.166 e. The van der Waals surface area contributed by atoms with E-state index in [0.29, 0.717) is 11.1 Å². The van der Waals surface area contributed by atoms with Crippen molar-refractivity contribution in [3.63, 3.8) is 0 Å². The Morgan fingerprint density at radius 2 is 1.82 bits per heavy atom. The minimum Gasteiger partial charge on any atom is -0.482 e. The fourth-order valence-corrected chi connectivity index (χ4v) is 3.34. The summed E-state index contributed by atoms with van der Waals surface area (Å²) in [6.07, 6.45) is 0.751. The summed E-state index contributed by atoms with van der Waals surface area (Å²) in [6, 6.07) is 10.0. The third-order valence-corrected chi connectivity index (χ3v) is 4.81. The first-order chi connectivity index (χ1) is 13.3. The van der Waals surface area contributed by atoms with Crippen LogP contribution in [0, 0.1) is 23.0 Å². The number of nitriles is 1. The lowest BCUT2D eigenvalue weighted by Gasteiger charge is -2.19. The molecule has 8 heteroatoms. The Morgan fingerprint density at radius 3 is 2.54 bits per heavy atom. The number of nitrogens with zero attached hydrogens (tertiary/aromatic N) is 2. The summed E-state index contributed by atoms with van der Waals surface area (Å²) < 4.78 is 33.2. The molecule has 28 heavy (non-hydrogen) atoms. The SMILES string of the molecule is CC(Oc1cc(-c2ccc(F)c(C#N)c2)cnc1N)c1c(Cl)ccc(F)c1Cl. The Hall–Kier alpha value is -2.88. The molecular formula is C20H13Cl2F2N3O. The summed E-state index contributed by atoms with van der Waals surface area (Å²) in [7, 11) is 0. The molecule has 0 spiro atoms. The number of benzene rings is 2. The third-order valence-electron chi connectivity index (χ3n) is 4.09. The van der Waals surface area contributed by atoms with Crippen LogP contribution in [-0.2, 0) is 0 Å². The van der Waals surface area contributed by atoms with Crippen LogP contribution < -0.4 is 10.5 Å². The van der Waals surface area contributed by atoms with Gasteiger partial charge < -0.3 is 10.5 Å². The van der Waals surface area contributed by atoms with Gasteiger partial charge in [0, 0.05) is 22.3 Å². The van der Waals surface area contributed by atoms with Crippen molar-refractivity contribution in [2.45, 2.75) is 13.0 Å². The molecule has 3 rings (SSSR count). The highest BCUT2D eigenvalue weighted by Crippen LogP contribution is 2.37. The second-order valence-electron chi connectivity index (χ2n) is 5.93. The minimum absolute atomic E-state index is 0.0940. The predicted molar refractivity (Wildman–Crippen MR) is 104 cm³/mol. The average molecular weight is 420 g/mol. The van der Waals surface area contributed by atoms with Gasteiger partial charge in [-0.3, -0.25) is 0 Å². The highest BCUT2D eigenvalue weighted by Gasteiger charge is 2.20. The smallest absolute Gasteiger partial charge is 0.166 e. The van der Waals surface area contributed by atoms with E-state index in [0.717, 1.165) is 0 Å². The molecule has 1 heterocycles. The number of aromatic nitrogens is 1. The molecule has 2 N–H and O–H groups in total. The molecule has 1 aromatic heterocycles. The van der Waals surface area contributed by atoms with Crippen molar-refractivity contribution in [3.05, 3.63) is 75.4 Å². The van der Waals surface area contributed by atoms with Crippen molar-refractivity contribution in [2.75, 3.05) is 5.73 Å². The van der Waals surface area contributed by atoms with Gasteiger partial charge in [-0.1, -0.05) is 29.3 Å². The fourth-order valence-electron chi connectivity index (χ4n) is 2.66. The lowest BCUT2D eigenvalue weighted by Crippen LogP contribution is -2.08. The number of hydrogen-bond donors (Lipinski definition) is 1. The number of nitrogens with two attached hydrogens (primary N) is 1. The van der Waals surface area contributed by atoms with Crippen LogP contribution in [-0.4, -0.2) is 4.98 Å². The molecule has 0 saturated heterocycles. The Bertz CT molecular complexity index is 1100. The lowest BCUT2D eigenvalue weighted by atomic mass is 10.0. The fraction of sp³-hybridized carbons (Fsp3) is 0.100. The van der Waals surface area contributed by atoms with Gasteiger partial charge in [0.1, 0.15) is 23.8 Å². The summed E-state index contributed by atoms with van der Waals surface area (Å²) in [5.41, 5.74) is 7.20. The Labute approximate surface area is 170 Å². The number of anilines is 1. The molecule has 0 radical (unpaired) electrons. The molecule has 0 saturated carbocycles. The zero-order chi connectivity index (χ0) is 20.4. The van der Waals surface area contributed by atoms with Crippen LogP contribution in [0.2, 0.25) is 10.0 Å². The van der Waals surface area contributed by atoms with E-state index >= 15 is 0 Å². The molecular weight excluding hydrogens is 407 g/mol. The monoisotopic (exact) mass is 419 g/mol. The topological polar surface area (TPSA) is 71.9 Å². The van der Waals surface area contributed by atoms with Gasteiger partial charge in [-0.05, 0) is 42.8 Å².